The number of likely N-dealkylation sites (tertiary alicyclic amines) is 1. The normalized spacial score (nSPS) is 17.4. The Morgan fingerprint density at radius 3 is 2.78 bits per heavy atom. The molecule has 1 aliphatic heterocycles. The minimum Gasteiger partial charge on any atom is -0.480 e. The number of hydrogen-bond donors (Lipinski definition) is 1. The summed E-state index contributed by atoms with van der Waals surface area (Å²) >= 11 is 1.35. The Bertz CT molecular complexity index is 729. The molecule has 1 N–H and O–H groups in total. The number of nitrogens with zero attached hydrogens (tertiary/aromatic N) is 2. The van der Waals surface area contributed by atoms with Crippen molar-refractivity contribution in [2.24, 2.45) is 0 Å². The Morgan fingerprint density at radius 2 is 2.09 bits per heavy atom. The zero-order chi connectivity index (χ0) is 16.4. The molecule has 2 heterocycles. The van der Waals surface area contributed by atoms with E-state index in [0.29, 0.717) is 25.8 Å². The zero-order valence-electron chi connectivity index (χ0n) is 12.2. The third kappa shape index (κ3) is 3.39. The standard InChI is InChI=1S/C16H15FN2O3S/c17-11-5-3-10(4-6-11)8-14-18-12(9-23-14)15(20)19-7-1-2-13(19)16(21)22/h3-6,9,13H,1-2,7-8H2,(H,21,22)/t13-/m0/s1. The van der Waals surface area contributed by atoms with E-state index in [1.807, 2.05) is 0 Å². The van der Waals surface area contributed by atoms with Crippen LogP contribution in [-0.4, -0.2) is 39.5 Å². The van der Waals surface area contributed by atoms with E-state index < -0.39 is 12.0 Å². The van der Waals surface area contributed by atoms with Gasteiger partial charge in [-0.15, -0.1) is 11.3 Å². The molecular weight excluding hydrogens is 319 g/mol. The first-order valence-electron chi connectivity index (χ1n) is 7.27. The first kappa shape index (κ1) is 15.6. The number of carboxylic acids is 1. The maximum Gasteiger partial charge on any atom is 0.326 e. The van der Waals surface area contributed by atoms with Crippen LogP contribution in [0.1, 0.15) is 33.9 Å². The molecule has 1 aromatic heterocycles. The van der Waals surface area contributed by atoms with Gasteiger partial charge < -0.3 is 10.0 Å². The largest absolute Gasteiger partial charge is 0.480 e. The molecule has 1 aromatic carbocycles. The van der Waals surface area contributed by atoms with Gasteiger partial charge in [0.1, 0.15) is 17.6 Å². The number of aliphatic carboxylic acids is 1. The van der Waals surface area contributed by atoms with Crippen LogP contribution in [0.25, 0.3) is 0 Å². The lowest BCUT2D eigenvalue weighted by Gasteiger charge is -2.20. The molecule has 5 nitrogen and oxygen atoms in total. The van der Waals surface area contributed by atoms with Crippen molar-refractivity contribution >= 4 is 23.2 Å². The van der Waals surface area contributed by atoms with Crippen molar-refractivity contribution < 1.29 is 19.1 Å². The predicted molar refractivity (Wildman–Crippen MR) is 83.0 cm³/mol. The molecule has 1 aliphatic rings. The van der Waals surface area contributed by atoms with E-state index in [0.717, 1.165) is 10.6 Å². The Balaban J connectivity index is 1.72. The van der Waals surface area contributed by atoms with Crippen molar-refractivity contribution in [2.45, 2.75) is 25.3 Å². The van der Waals surface area contributed by atoms with Gasteiger partial charge in [0.2, 0.25) is 0 Å². The highest BCUT2D eigenvalue weighted by atomic mass is 32.1. The minimum absolute atomic E-state index is 0.278. The average Bonchev–Trinajstić information content (AvgIpc) is 3.18. The number of amides is 1. The Hall–Kier alpha value is -2.28. The van der Waals surface area contributed by atoms with Gasteiger partial charge in [0, 0.05) is 18.3 Å². The lowest BCUT2D eigenvalue weighted by atomic mass is 10.1. The lowest BCUT2D eigenvalue weighted by molar-refractivity contribution is -0.141. The smallest absolute Gasteiger partial charge is 0.326 e. The van der Waals surface area contributed by atoms with E-state index in [2.05, 4.69) is 4.98 Å². The van der Waals surface area contributed by atoms with E-state index in [4.69, 9.17) is 5.11 Å². The molecule has 0 aliphatic carbocycles. The van der Waals surface area contributed by atoms with E-state index in [9.17, 15) is 14.0 Å². The van der Waals surface area contributed by atoms with Crippen molar-refractivity contribution in [2.75, 3.05) is 6.54 Å². The summed E-state index contributed by atoms with van der Waals surface area (Å²) in [5.74, 6) is -1.60. The van der Waals surface area contributed by atoms with Gasteiger partial charge >= 0.3 is 5.97 Å². The summed E-state index contributed by atoms with van der Waals surface area (Å²) < 4.78 is 12.9. The monoisotopic (exact) mass is 334 g/mol. The topological polar surface area (TPSA) is 70.5 Å². The first-order chi connectivity index (χ1) is 11.0. The van der Waals surface area contributed by atoms with Crippen LogP contribution in [-0.2, 0) is 11.2 Å². The second-order valence-electron chi connectivity index (χ2n) is 5.42. The number of thiazole rings is 1. The predicted octanol–water partition coefficient (Wildman–Crippen LogP) is 2.56. The molecule has 0 radical (unpaired) electrons. The third-order valence-electron chi connectivity index (χ3n) is 3.84. The van der Waals surface area contributed by atoms with Gasteiger partial charge in [-0.1, -0.05) is 12.1 Å². The van der Waals surface area contributed by atoms with Gasteiger partial charge in [0.25, 0.3) is 5.91 Å². The number of benzene rings is 1. The molecule has 0 spiro atoms. The second kappa shape index (κ2) is 6.45. The summed E-state index contributed by atoms with van der Waals surface area (Å²) in [7, 11) is 0. The van der Waals surface area contributed by atoms with Gasteiger partial charge in [-0.05, 0) is 30.5 Å². The summed E-state index contributed by atoms with van der Waals surface area (Å²) in [6, 6.07) is 5.37. The minimum atomic E-state index is -0.974. The summed E-state index contributed by atoms with van der Waals surface area (Å²) in [5.41, 5.74) is 1.18. The fraction of sp³-hybridized carbons (Fsp3) is 0.312. The fourth-order valence-electron chi connectivity index (χ4n) is 2.68. The quantitative estimate of drug-likeness (QED) is 0.933. The summed E-state index contributed by atoms with van der Waals surface area (Å²) in [6.07, 6.45) is 1.68. The fourth-order valence-corrected chi connectivity index (χ4v) is 3.48. The van der Waals surface area contributed by atoms with Crippen LogP contribution in [0.2, 0.25) is 0 Å². The van der Waals surface area contributed by atoms with Crippen molar-refractivity contribution in [3.8, 4) is 0 Å². The SMILES string of the molecule is O=C(O)[C@@H]1CCCN1C(=O)c1csc(Cc2ccc(F)cc2)n1. The molecule has 0 bridgehead atoms. The third-order valence-corrected chi connectivity index (χ3v) is 4.69. The van der Waals surface area contributed by atoms with Gasteiger partial charge in [0.05, 0.1) is 5.01 Å². The molecule has 1 fully saturated rings. The highest BCUT2D eigenvalue weighted by Gasteiger charge is 2.35. The highest BCUT2D eigenvalue weighted by molar-refractivity contribution is 7.09. The van der Waals surface area contributed by atoms with Crippen LogP contribution < -0.4 is 0 Å². The molecule has 2 aromatic rings. The number of hydrogen-bond acceptors (Lipinski definition) is 4. The van der Waals surface area contributed by atoms with Crippen LogP contribution in [0.5, 0.6) is 0 Å². The van der Waals surface area contributed by atoms with E-state index in [-0.39, 0.29) is 17.4 Å². The van der Waals surface area contributed by atoms with Crippen molar-refractivity contribution in [3.05, 3.63) is 51.7 Å². The number of halogens is 1. The average molecular weight is 334 g/mol. The molecule has 120 valence electrons. The van der Waals surface area contributed by atoms with Gasteiger partial charge in [0.15, 0.2) is 0 Å². The first-order valence-corrected chi connectivity index (χ1v) is 8.15. The summed E-state index contributed by atoms with van der Waals surface area (Å²) in [5, 5.41) is 11.6. The van der Waals surface area contributed by atoms with Crippen LogP contribution >= 0.6 is 11.3 Å². The molecule has 7 heteroatoms. The van der Waals surface area contributed by atoms with Gasteiger partial charge in [-0.25, -0.2) is 14.2 Å². The Morgan fingerprint density at radius 1 is 1.35 bits per heavy atom. The molecule has 0 unspecified atom stereocenters. The number of carboxylic acid groups (broad SMARTS) is 1. The maximum absolute atomic E-state index is 12.9. The number of aromatic nitrogens is 1. The molecule has 1 amide bonds. The molecular formula is C16H15FN2O3S. The molecule has 1 saturated heterocycles. The summed E-state index contributed by atoms with van der Waals surface area (Å²) in [4.78, 5) is 29.3. The molecule has 3 rings (SSSR count). The lowest BCUT2D eigenvalue weighted by Crippen LogP contribution is -2.40. The number of carbonyl (C=O) groups is 2. The van der Waals surface area contributed by atoms with Gasteiger partial charge in [-0.3, -0.25) is 4.79 Å². The highest BCUT2D eigenvalue weighted by Crippen LogP contribution is 2.22. The van der Waals surface area contributed by atoms with Crippen molar-refractivity contribution in [1.82, 2.24) is 9.88 Å². The molecule has 1 atom stereocenters. The Kier molecular flexibility index (Phi) is 4.38. The van der Waals surface area contributed by atoms with Crippen LogP contribution in [0.3, 0.4) is 0 Å². The van der Waals surface area contributed by atoms with Crippen molar-refractivity contribution in [1.29, 1.82) is 0 Å². The maximum atomic E-state index is 12.9. The zero-order valence-corrected chi connectivity index (χ0v) is 13.1. The molecule has 0 saturated carbocycles. The second-order valence-corrected chi connectivity index (χ2v) is 6.37. The van der Waals surface area contributed by atoms with Crippen LogP contribution in [0, 0.1) is 5.82 Å². The molecule has 23 heavy (non-hydrogen) atoms. The van der Waals surface area contributed by atoms with E-state index in [1.54, 1.807) is 17.5 Å². The Labute approximate surface area is 136 Å². The van der Waals surface area contributed by atoms with Gasteiger partial charge in [-0.2, -0.15) is 0 Å². The summed E-state index contributed by atoms with van der Waals surface area (Å²) in [6.45, 7) is 0.445. The number of carbonyl (C=O) groups excluding carboxylic acids is 1. The van der Waals surface area contributed by atoms with E-state index >= 15 is 0 Å². The number of rotatable bonds is 4. The van der Waals surface area contributed by atoms with E-state index in [1.165, 1.54) is 28.4 Å². The van der Waals surface area contributed by atoms with Crippen LogP contribution in [0.15, 0.2) is 29.6 Å². The van der Waals surface area contributed by atoms with Crippen LogP contribution in [0.4, 0.5) is 4.39 Å². The van der Waals surface area contributed by atoms with Crippen molar-refractivity contribution in [3.63, 3.8) is 0 Å².